The van der Waals surface area contributed by atoms with Crippen molar-refractivity contribution in [3.05, 3.63) is 72.3 Å². The van der Waals surface area contributed by atoms with Crippen LogP contribution in [0.4, 0.5) is 0 Å². The van der Waals surface area contributed by atoms with Crippen molar-refractivity contribution >= 4 is 21.9 Å². The van der Waals surface area contributed by atoms with Crippen LogP contribution in [-0.4, -0.2) is 20.2 Å². The average Bonchev–Trinajstić information content (AvgIpc) is 3.24. The van der Waals surface area contributed by atoms with Crippen LogP contribution in [0.25, 0.3) is 44.6 Å². The van der Waals surface area contributed by atoms with Crippen molar-refractivity contribution in [3.8, 4) is 22.6 Å². The summed E-state index contributed by atoms with van der Waals surface area (Å²) in [4.78, 5) is 8.14. The van der Waals surface area contributed by atoms with E-state index in [0.717, 1.165) is 33.5 Å². The monoisotopic (exact) mass is 324 g/mol. The van der Waals surface area contributed by atoms with Crippen LogP contribution in [0.1, 0.15) is 5.56 Å². The molecule has 4 nitrogen and oxygen atoms in total. The number of benzene rings is 3. The summed E-state index contributed by atoms with van der Waals surface area (Å²) in [6.07, 6.45) is 0. The summed E-state index contributed by atoms with van der Waals surface area (Å²) in [5, 5.41) is 8.57. The highest BCUT2D eigenvalue weighted by Gasteiger charge is 2.12. The van der Waals surface area contributed by atoms with Crippen molar-refractivity contribution in [2.75, 3.05) is 0 Å². The van der Waals surface area contributed by atoms with Crippen LogP contribution in [0.5, 0.6) is 0 Å². The van der Waals surface area contributed by atoms with E-state index < -0.39 is 0 Å². The highest BCUT2D eigenvalue weighted by atomic mass is 15.1. The van der Waals surface area contributed by atoms with Gasteiger partial charge in [0.05, 0.1) is 16.6 Å². The standard InChI is InChI=1S/C21H16N4/c1-13-5-4-6-14(11-13)15-9-10-18-19(12-15)23-21(22-18)20-16-7-2-3-8-17(16)24-25-20/h2-12H,1H3,(H,22,23)(H,24,25). The lowest BCUT2D eigenvalue weighted by Gasteiger charge is -2.02. The van der Waals surface area contributed by atoms with Gasteiger partial charge in [0.2, 0.25) is 0 Å². The maximum absolute atomic E-state index is 4.72. The van der Waals surface area contributed by atoms with Gasteiger partial charge >= 0.3 is 0 Å². The van der Waals surface area contributed by atoms with Gasteiger partial charge < -0.3 is 4.98 Å². The Kier molecular flexibility index (Phi) is 2.97. The van der Waals surface area contributed by atoms with Gasteiger partial charge in [-0.3, -0.25) is 5.10 Å². The van der Waals surface area contributed by atoms with E-state index in [1.165, 1.54) is 16.7 Å². The summed E-state index contributed by atoms with van der Waals surface area (Å²) in [5.41, 5.74) is 7.47. The molecule has 0 spiro atoms. The molecule has 5 aromatic rings. The molecular formula is C21H16N4. The number of imidazole rings is 1. The van der Waals surface area contributed by atoms with E-state index in [2.05, 4.69) is 70.6 Å². The van der Waals surface area contributed by atoms with Crippen molar-refractivity contribution in [1.82, 2.24) is 20.2 Å². The maximum Gasteiger partial charge on any atom is 0.159 e. The Morgan fingerprint density at radius 2 is 1.68 bits per heavy atom. The summed E-state index contributed by atoms with van der Waals surface area (Å²) in [7, 11) is 0. The number of aromatic amines is 2. The summed E-state index contributed by atoms with van der Waals surface area (Å²) in [5.74, 6) is 0.786. The molecule has 4 heteroatoms. The van der Waals surface area contributed by atoms with Crippen molar-refractivity contribution in [2.45, 2.75) is 6.92 Å². The molecule has 0 amide bonds. The normalized spacial score (nSPS) is 11.4. The number of fused-ring (bicyclic) bond motifs is 2. The number of nitrogens with zero attached hydrogens (tertiary/aromatic N) is 2. The zero-order valence-electron chi connectivity index (χ0n) is 13.7. The number of hydrogen-bond donors (Lipinski definition) is 2. The molecule has 0 fully saturated rings. The quantitative estimate of drug-likeness (QED) is 0.475. The Labute approximate surface area is 144 Å². The van der Waals surface area contributed by atoms with Crippen molar-refractivity contribution < 1.29 is 0 Å². The van der Waals surface area contributed by atoms with Gasteiger partial charge in [0, 0.05) is 5.39 Å². The lowest BCUT2D eigenvalue weighted by molar-refractivity contribution is 1.11. The highest BCUT2D eigenvalue weighted by molar-refractivity contribution is 5.93. The molecule has 2 heterocycles. The van der Waals surface area contributed by atoms with Gasteiger partial charge in [-0.15, -0.1) is 0 Å². The fourth-order valence-corrected chi connectivity index (χ4v) is 3.27. The average molecular weight is 324 g/mol. The minimum Gasteiger partial charge on any atom is -0.337 e. The second kappa shape index (κ2) is 5.31. The minimum absolute atomic E-state index is 0.786. The summed E-state index contributed by atoms with van der Waals surface area (Å²) < 4.78 is 0. The van der Waals surface area contributed by atoms with E-state index in [4.69, 9.17) is 4.98 Å². The molecule has 0 atom stereocenters. The topological polar surface area (TPSA) is 57.4 Å². The molecule has 0 bridgehead atoms. The maximum atomic E-state index is 4.72. The summed E-state index contributed by atoms with van der Waals surface area (Å²) >= 11 is 0. The van der Waals surface area contributed by atoms with Crippen molar-refractivity contribution in [3.63, 3.8) is 0 Å². The van der Waals surface area contributed by atoms with Crippen LogP contribution in [0, 0.1) is 6.92 Å². The van der Waals surface area contributed by atoms with Gasteiger partial charge in [0.15, 0.2) is 5.82 Å². The number of H-pyrrole nitrogens is 2. The van der Waals surface area contributed by atoms with Gasteiger partial charge in [-0.05, 0) is 36.2 Å². The zero-order chi connectivity index (χ0) is 16.8. The molecule has 3 aromatic carbocycles. The number of rotatable bonds is 2. The first-order valence-electron chi connectivity index (χ1n) is 8.28. The molecule has 2 N–H and O–H groups in total. The van der Waals surface area contributed by atoms with E-state index in [1.807, 2.05) is 18.2 Å². The van der Waals surface area contributed by atoms with E-state index in [-0.39, 0.29) is 0 Å². The van der Waals surface area contributed by atoms with Gasteiger partial charge in [0.1, 0.15) is 5.69 Å². The Bertz CT molecular complexity index is 1210. The van der Waals surface area contributed by atoms with Crippen LogP contribution in [0.3, 0.4) is 0 Å². The predicted octanol–water partition coefficient (Wildman–Crippen LogP) is 5.08. The zero-order valence-corrected chi connectivity index (χ0v) is 13.7. The second-order valence-corrected chi connectivity index (χ2v) is 6.30. The lowest BCUT2D eigenvalue weighted by atomic mass is 10.0. The number of aromatic nitrogens is 4. The van der Waals surface area contributed by atoms with Crippen LogP contribution >= 0.6 is 0 Å². The van der Waals surface area contributed by atoms with Gasteiger partial charge in [0.25, 0.3) is 0 Å². The SMILES string of the molecule is Cc1cccc(-c2ccc3nc(-c4n[nH]c5ccccc45)[nH]c3c2)c1. The van der Waals surface area contributed by atoms with Crippen molar-refractivity contribution in [1.29, 1.82) is 0 Å². The molecule has 5 rings (SSSR count). The Balaban J connectivity index is 1.65. The van der Waals surface area contributed by atoms with Crippen LogP contribution in [0.2, 0.25) is 0 Å². The lowest BCUT2D eigenvalue weighted by Crippen LogP contribution is -1.81. The van der Waals surface area contributed by atoms with Gasteiger partial charge in [-0.1, -0.05) is 54.1 Å². The molecule has 0 saturated carbocycles. The number of para-hydroxylation sites is 1. The van der Waals surface area contributed by atoms with E-state index in [9.17, 15) is 0 Å². The fourth-order valence-electron chi connectivity index (χ4n) is 3.27. The van der Waals surface area contributed by atoms with Gasteiger partial charge in [-0.2, -0.15) is 5.10 Å². The van der Waals surface area contributed by atoms with Crippen molar-refractivity contribution in [2.24, 2.45) is 0 Å². The first-order chi connectivity index (χ1) is 12.3. The Hall–Kier alpha value is -3.40. The molecule has 25 heavy (non-hydrogen) atoms. The smallest absolute Gasteiger partial charge is 0.159 e. The molecule has 2 aromatic heterocycles. The highest BCUT2D eigenvalue weighted by Crippen LogP contribution is 2.28. The molecule has 0 saturated heterocycles. The predicted molar refractivity (Wildman–Crippen MR) is 101 cm³/mol. The number of aryl methyl sites for hydroxylation is 1. The first kappa shape index (κ1) is 14.0. The molecule has 0 aliphatic carbocycles. The second-order valence-electron chi connectivity index (χ2n) is 6.30. The van der Waals surface area contributed by atoms with E-state index >= 15 is 0 Å². The fraction of sp³-hybridized carbons (Fsp3) is 0.0476. The molecule has 120 valence electrons. The third-order valence-corrected chi connectivity index (χ3v) is 4.53. The van der Waals surface area contributed by atoms with Crippen LogP contribution in [-0.2, 0) is 0 Å². The number of hydrogen-bond acceptors (Lipinski definition) is 2. The number of nitrogens with one attached hydrogen (secondary N) is 2. The van der Waals surface area contributed by atoms with E-state index in [1.54, 1.807) is 0 Å². The summed E-state index contributed by atoms with van der Waals surface area (Å²) in [6, 6.07) is 22.9. The van der Waals surface area contributed by atoms with E-state index in [0.29, 0.717) is 0 Å². The van der Waals surface area contributed by atoms with Crippen LogP contribution in [0.15, 0.2) is 66.7 Å². The third-order valence-electron chi connectivity index (χ3n) is 4.53. The Morgan fingerprint density at radius 3 is 2.60 bits per heavy atom. The third kappa shape index (κ3) is 2.31. The Morgan fingerprint density at radius 1 is 0.800 bits per heavy atom. The molecular weight excluding hydrogens is 308 g/mol. The van der Waals surface area contributed by atoms with Crippen LogP contribution < -0.4 is 0 Å². The minimum atomic E-state index is 0.786. The largest absolute Gasteiger partial charge is 0.337 e. The van der Waals surface area contributed by atoms with Gasteiger partial charge in [-0.25, -0.2) is 4.98 Å². The molecule has 0 radical (unpaired) electrons. The molecule has 0 aliphatic rings. The first-order valence-corrected chi connectivity index (χ1v) is 8.28. The summed E-state index contributed by atoms with van der Waals surface area (Å²) in [6.45, 7) is 2.11. The molecule has 0 unspecified atom stereocenters. The molecule has 0 aliphatic heterocycles.